The van der Waals surface area contributed by atoms with E-state index in [0.717, 1.165) is 31.0 Å². The number of hydrogen-bond donors (Lipinski definition) is 0. The van der Waals surface area contributed by atoms with Crippen LogP contribution in [0.15, 0.2) is 24.3 Å². The molecule has 4 heteroatoms. The molecule has 0 N–H and O–H groups in total. The van der Waals surface area contributed by atoms with Gasteiger partial charge in [-0.15, -0.1) is 21.8 Å². The summed E-state index contributed by atoms with van der Waals surface area (Å²) < 4.78 is 2.22. The first-order chi connectivity index (χ1) is 9.85. The third-order valence-corrected chi connectivity index (χ3v) is 4.34. The van der Waals surface area contributed by atoms with E-state index in [1.165, 1.54) is 24.0 Å². The van der Waals surface area contributed by atoms with Crippen LogP contribution in [0.25, 0.3) is 0 Å². The predicted molar refractivity (Wildman–Crippen MR) is 81.1 cm³/mol. The van der Waals surface area contributed by atoms with Crippen LogP contribution in [0, 0.1) is 0 Å². The Kier molecular flexibility index (Phi) is 4.06. The highest BCUT2D eigenvalue weighted by atomic mass is 35.5. The molecule has 1 aliphatic carbocycles. The standard InChI is InChI=1S/C16H20ClN3/c1-2-10-20-15(11-17)18-19-16(20)14-9-5-7-12-6-3-4-8-13(12)14/h3-4,6,8,14H,2,5,7,9-11H2,1H3. The van der Waals surface area contributed by atoms with E-state index in [-0.39, 0.29) is 0 Å². The summed E-state index contributed by atoms with van der Waals surface area (Å²) in [5.74, 6) is 2.79. The van der Waals surface area contributed by atoms with Gasteiger partial charge in [0.05, 0.1) is 5.88 Å². The van der Waals surface area contributed by atoms with Gasteiger partial charge in [-0.25, -0.2) is 0 Å². The number of benzene rings is 1. The summed E-state index contributed by atoms with van der Waals surface area (Å²) in [7, 11) is 0. The Labute approximate surface area is 125 Å². The van der Waals surface area contributed by atoms with Crippen molar-refractivity contribution in [2.75, 3.05) is 0 Å². The number of rotatable bonds is 4. The number of fused-ring (bicyclic) bond motifs is 1. The molecule has 106 valence electrons. The molecule has 1 aliphatic rings. The van der Waals surface area contributed by atoms with Crippen molar-refractivity contribution in [2.45, 2.75) is 50.9 Å². The lowest BCUT2D eigenvalue weighted by molar-refractivity contribution is 0.539. The van der Waals surface area contributed by atoms with Gasteiger partial charge in [0.25, 0.3) is 0 Å². The summed E-state index contributed by atoms with van der Waals surface area (Å²) in [5, 5.41) is 8.74. The van der Waals surface area contributed by atoms with Crippen LogP contribution in [0.4, 0.5) is 0 Å². The Bertz CT molecular complexity index is 591. The molecule has 0 spiro atoms. The van der Waals surface area contributed by atoms with Gasteiger partial charge in [-0.05, 0) is 36.8 Å². The first kappa shape index (κ1) is 13.6. The third kappa shape index (κ3) is 2.35. The maximum Gasteiger partial charge on any atom is 0.147 e. The molecule has 0 saturated heterocycles. The molecule has 0 saturated carbocycles. The average molecular weight is 290 g/mol. The molecule has 1 aromatic heterocycles. The van der Waals surface area contributed by atoms with Crippen molar-refractivity contribution in [3.63, 3.8) is 0 Å². The summed E-state index contributed by atoms with van der Waals surface area (Å²) >= 11 is 6.00. The number of nitrogens with zero attached hydrogens (tertiary/aromatic N) is 3. The van der Waals surface area contributed by atoms with Gasteiger partial charge in [0.2, 0.25) is 0 Å². The van der Waals surface area contributed by atoms with Crippen molar-refractivity contribution in [1.29, 1.82) is 0 Å². The fourth-order valence-corrected chi connectivity index (χ4v) is 3.39. The summed E-state index contributed by atoms with van der Waals surface area (Å²) in [6, 6.07) is 8.73. The molecule has 0 fully saturated rings. The van der Waals surface area contributed by atoms with Gasteiger partial charge >= 0.3 is 0 Å². The maximum atomic E-state index is 6.00. The summed E-state index contributed by atoms with van der Waals surface area (Å²) in [6.45, 7) is 3.12. The normalized spacial score (nSPS) is 18.0. The molecule has 3 rings (SSSR count). The zero-order valence-corrected chi connectivity index (χ0v) is 12.6. The maximum absolute atomic E-state index is 6.00. The van der Waals surface area contributed by atoms with Crippen LogP contribution in [-0.2, 0) is 18.8 Å². The van der Waals surface area contributed by atoms with Crippen LogP contribution >= 0.6 is 11.6 Å². The van der Waals surface area contributed by atoms with E-state index in [9.17, 15) is 0 Å². The molecule has 1 heterocycles. The first-order valence-corrected chi connectivity index (χ1v) is 7.94. The second-order valence-electron chi connectivity index (χ2n) is 5.40. The smallest absolute Gasteiger partial charge is 0.147 e. The van der Waals surface area contributed by atoms with Crippen molar-refractivity contribution >= 4 is 11.6 Å². The molecule has 0 amide bonds. The van der Waals surface area contributed by atoms with Crippen molar-refractivity contribution in [3.8, 4) is 0 Å². The molecule has 1 aromatic carbocycles. The van der Waals surface area contributed by atoms with Gasteiger partial charge in [0.1, 0.15) is 11.6 Å². The van der Waals surface area contributed by atoms with E-state index < -0.39 is 0 Å². The van der Waals surface area contributed by atoms with Gasteiger partial charge in [-0.2, -0.15) is 0 Å². The Morgan fingerprint density at radius 1 is 1.30 bits per heavy atom. The summed E-state index contributed by atoms with van der Waals surface area (Å²) in [4.78, 5) is 0. The van der Waals surface area contributed by atoms with Crippen molar-refractivity contribution in [3.05, 3.63) is 47.0 Å². The minimum atomic E-state index is 0.371. The zero-order valence-electron chi connectivity index (χ0n) is 11.8. The summed E-state index contributed by atoms with van der Waals surface area (Å²) in [5.41, 5.74) is 2.88. The lowest BCUT2D eigenvalue weighted by Gasteiger charge is -2.25. The summed E-state index contributed by atoms with van der Waals surface area (Å²) in [6.07, 6.45) is 4.62. The van der Waals surface area contributed by atoms with Gasteiger partial charge in [0.15, 0.2) is 0 Å². The van der Waals surface area contributed by atoms with Crippen molar-refractivity contribution < 1.29 is 0 Å². The molecule has 0 aliphatic heterocycles. The van der Waals surface area contributed by atoms with Gasteiger partial charge < -0.3 is 4.57 Å². The van der Waals surface area contributed by atoms with E-state index >= 15 is 0 Å². The van der Waals surface area contributed by atoms with Gasteiger partial charge in [-0.1, -0.05) is 31.2 Å². The number of halogens is 1. The molecule has 0 bridgehead atoms. The van der Waals surface area contributed by atoms with Crippen molar-refractivity contribution in [2.24, 2.45) is 0 Å². The molecular weight excluding hydrogens is 270 g/mol. The topological polar surface area (TPSA) is 30.7 Å². The van der Waals surface area contributed by atoms with Gasteiger partial charge in [0, 0.05) is 12.5 Å². The fourth-order valence-electron chi connectivity index (χ4n) is 3.20. The van der Waals surface area contributed by atoms with Crippen LogP contribution in [0.2, 0.25) is 0 Å². The Hall–Kier alpha value is -1.35. The van der Waals surface area contributed by atoms with E-state index in [1.54, 1.807) is 0 Å². The Morgan fingerprint density at radius 2 is 2.15 bits per heavy atom. The number of alkyl halides is 1. The van der Waals surface area contributed by atoms with Crippen LogP contribution in [0.1, 0.15) is 54.9 Å². The predicted octanol–water partition coefficient (Wildman–Crippen LogP) is 3.90. The quantitative estimate of drug-likeness (QED) is 0.799. The van der Waals surface area contributed by atoms with Crippen LogP contribution in [0.5, 0.6) is 0 Å². The highest BCUT2D eigenvalue weighted by Crippen LogP contribution is 2.36. The molecule has 0 radical (unpaired) electrons. The Balaban J connectivity index is 2.04. The minimum Gasteiger partial charge on any atom is -0.313 e. The Morgan fingerprint density at radius 3 is 2.95 bits per heavy atom. The van der Waals surface area contributed by atoms with E-state index in [4.69, 9.17) is 11.6 Å². The number of aromatic nitrogens is 3. The largest absolute Gasteiger partial charge is 0.313 e. The average Bonchev–Trinajstić information content (AvgIpc) is 2.90. The monoisotopic (exact) mass is 289 g/mol. The molecule has 2 aromatic rings. The van der Waals surface area contributed by atoms with E-state index in [2.05, 4.69) is 46.0 Å². The lowest BCUT2D eigenvalue weighted by Crippen LogP contribution is -2.17. The van der Waals surface area contributed by atoms with E-state index in [1.807, 2.05) is 0 Å². The van der Waals surface area contributed by atoms with Crippen LogP contribution < -0.4 is 0 Å². The molecule has 3 nitrogen and oxygen atoms in total. The highest BCUT2D eigenvalue weighted by Gasteiger charge is 2.26. The lowest BCUT2D eigenvalue weighted by atomic mass is 9.82. The number of hydrogen-bond acceptors (Lipinski definition) is 2. The fraction of sp³-hybridized carbons (Fsp3) is 0.500. The van der Waals surface area contributed by atoms with Gasteiger partial charge in [-0.3, -0.25) is 0 Å². The molecule has 1 unspecified atom stereocenters. The zero-order chi connectivity index (χ0) is 13.9. The highest BCUT2D eigenvalue weighted by molar-refractivity contribution is 6.16. The molecule has 20 heavy (non-hydrogen) atoms. The minimum absolute atomic E-state index is 0.371. The third-order valence-electron chi connectivity index (χ3n) is 4.10. The second kappa shape index (κ2) is 5.96. The molecular formula is C16H20ClN3. The van der Waals surface area contributed by atoms with E-state index in [0.29, 0.717) is 11.8 Å². The SMILES string of the molecule is CCCn1c(CCl)nnc1C1CCCc2ccccc21. The first-order valence-electron chi connectivity index (χ1n) is 7.41. The van der Waals surface area contributed by atoms with Crippen LogP contribution in [-0.4, -0.2) is 14.8 Å². The van der Waals surface area contributed by atoms with Crippen molar-refractivity contribution in [1.82, 2.24) is 14.8 Å². The van der Waals surface area contributed by atoms with Crippen LogP contribution in [0.3, 0.4) is 0 Å². The number of aryl methyl sites for hydroxylation is 1. The second-order valence-corrected chi connectivity index (χ2v) is 5.67. The molecule has 1 atom stereocenters.